The highest BCUT2D eigenvalue weighted by Gasteiger charge is 1.99. The molecule has 0 aliphatic carbocycles. The van der Waals surface area contributed by atoms with E-state index in [1.54, 1.807) is 6.08 Å². The number of hydrogen-bond acceptors (Lipinski definition) is 4. The maximum atomic E-state index is 10.2. The fraction of sp³-hybridized carbons (Fsp3) is 0.469. The summed E-state index contributed by atoms with van der Waals surface area (Å²) >= 11 is 0. The van der Waals surface area contributed by atoms with Crippen LogP contribution >= 0.6 is 0 Å². The molecule has 0 radical (unpaired) electrons. The lowest BCUT2D eigenvalue weighted by Gasteiger charge is -2.01. The largest absolute Gasteiger partial charge is 0.350 e. The van der Waals surface area contributed by atoms with Gasteiger partial charge >= 0.3 is 0 Å². The number of nitrogens with zero attached hydrogens (tertiary/aromatic N) is 1. The van der Waals surface area contributed by atoms with Crippen molar-refractivity contribution >= 4 is 30.8 Å². The summed E-state index contributed by atoms with van der Waals surface area (Å²) in [6, 6.07) is 8.45. The summed E-state index contributed by atoms with van der Waals surface area (Å²) in [5.74, 6) is 0.524. The zero-order valence-electron chi connectivity index (χ0n) is 24.9. The first-order chi connectivity index (χ1) is 17.9. The second-order valence-corrected chi connectivity index (χ2v) is 7.98. The van der Waals surface area contributed by atoms with Crippen molar-refractivity contribution < 1.29 is 14.4 Å². The molecule has 1 N–H and O–H groups in total. The van der Waals surface area contributed by atoms with E-state index in [2.05, 4.69) is 94.7 Å². The lowest BCUT2D eigenvalue weighted by Crippen LogP contribution is -2.14. The predicted octanol–water partition coefficient (Wildman–Crippen LogP) is 7.83. The second kappa shape index (κ2) is 33.0. The highest BCUT2D eigenvalue weighted by atomic mass is 16.1. The maximum absolute atomic E-state index is 10.2. The zero-order valence-corrected chi connectivity index (χ0v) is 24.9. The van der Waals surface area contributed by atoms with Gasteiger partial charge in [-0.3, -0.25) is 0 Å². The van der Waals surface area contributed by atoms with E-state index < -0.39 is 0 Å². The van der Waals surface area contributed by atoms with Crippen LogP contribution < -0.4 is 5.32 Å². The lowest BCUT2D eigenvalue weighted by molar-refractivity contribution is -0.107. The normalized spacial score (nSPS) is 9.70. The van der Waals surface area contributed by atoms with Gasteiger partial charge in [0.2, 0.25) is 0 Å². The first-order valence-corrected chi connectivity index (χ1v) is 13.1. The van der Waals surface area contributed by atoms with E-state index in [9.17, 15) is 4.79 Å². The van der Waals surface area contributed by atoms with Crippen LogP contribution in [0.2, 0.25) is 0 Å². The summed E-state index contributed by atoms with van der Waals surface area (Å²) in [5.41, 5.74) is 3.87. The van der Waals surface area contributed by atoms with Crippen LogP contribution in [-0.4, -0.2) is 37.5 Å². The number of nitrogens with one attached hydrogen (secondary N) is 1. The molecule has 0 unspecified atom stereocenters. The van der Waals surface area contributed by atoms with Crippen LogP contribution in [0.15, 0.2) is 66.9 Å². The molecular formula is C32H54N2O3. The number of aryl methyl sites for hydroxylation is 2. The number of para-hydroxylation sites is 1. The molecule has 0 spiro atoms. The van der Waals surface area contributed by atoms with Gasteiger partial charge < -0.3 is 24.3 Å². The minimum atomic E-state index is 0.524. The number of fused-ring (bicyclic) bond motifs is 1. The third-order valence-corrected chi connectivity index (χ3v) is 4.49. The topological polar surface area (TPSA) is 68.2 Å². The van der Waals surface area contributed by atoms with Crippen LogP contribution in [0.5, 0.6) is 0 Å². The Bertz CT molecular complexity index is 794. The molecule has 210 valence electrons. The van der Waals surface area contributed by atoms with Gasteiger partial charge in [-0.05, 0) is 56.8 Å². The Labute approximate surface area is 227 Å². The summed E-state index contributed by atoms with van der Waals surface area (Å²) in [4.78, 5) is 26.2. The van der Waals surface area contributed by atoms with Crippen LogP contribution in [0.1, 0.15) is 72.8 Å². The van der Waals surface area contributed by atoms with E-state index in [-0.39, 0.29) is 0 Å². The Morgan fingerprint density at radius 3 is 2.00 bits per heavy atom. The molecule has 1 aromatic heterocycles. The number of carbonyl (C=O) groups excluding carboxylic acids is 3. The molecule has 1 aromatic carbocycles. The molecule has 0 saturated heterocycles. The number of rotatable bonds is 10. The molecule has 0 aliphatic rings. The first kappa shape index (κ1) is 41.1. The Morgan fingerprint density at radius 1 is 1.03 bits per heavy atom. The van der Waals surface area contributed by atoms with Gasteiger partial charge in [-0.15, -0.1) is 0 Å². The third-order valence-electron chi connectivity index (χ3n) is 4.49. The van der Waals surface area contributed by atoms with Crippen LogP contribution in [0, 0.1) is 12.8 Å². The van der Waals surface area contributed by atoms with Gasteiger partial charge in [-0.1, -0.05) is 96.2 Å². The van der Waals surface area contributed by atoms with Gasteiger partial charge in [0.1, 0.15) is 19.9 Å². The number of aldehydes is 1. The van der Waals surface area contributed by atoms with Crippen LogP contribution in [0.3, 0.4) is 0 Å². The highest BCUT2D eigenvalue weighted by Crippen LogP contribution is 2.18. The average molecular weight is 515 g/mol. The van der Waals surface area contributed by atoms with E-state index in [1.807, 2.05) is 39.6 Å². The van der Waals surface area contributed by atoms with Gasteiger partial charge in [0.05, 0.1) is 0 Å². The molecule has 0 amide bonds. The second-order valence-electron chi connectivity index (χ2n) is 7.98. The Hall–Kier alpha value is -3.05. The van der Waals surface area contributed by atoms with Gasteiger partial charge in [-0.2, -0.15) is 0 Å². The van der Waals surface area contributed by atoms with Crippen molar-refractivity contribution in [2.45, 2.75) is 74.1 Å². The Balaban J connectivity index is -0.000000206. The first-order valence-electron chi connectivity index (χ1n) is 13.1. The Kier molecular flexibility index (Phi) is 36.6. The standard InChI is InChI=1S/C12H18O.C10H11N.C6H15N.C2H6.2CH2O/c1-4-5-7-12(8-6-9-13)10-11(2)3;1-8-7-11(2)10-6-4-3-5-9(8)10;1-3-5-7-6-4-2;3*1-2/h4-5,7,9-11H,1,6,8H2,2-3H3;3-7H,1-2H3;7H,3-6H2,1-2H3;1-2H3;2*1H2/b7-5-,12-10+;;;;;. The van der Waals surface area contributed by atoms with Crippen molar-refractivity contribution in [3.63, 3.8) is 0 Å². The molecule has 0 atom stereocenters. The monoisotopic (exact) mass is 514 g/mol. The number of benzene rings is 1. The molecule has 2 aromatic rings. The zero-order chi connectivity index (χ0) is 29.5. The third kappa shape index (κ3) is 24.4. The number of hydrogen-bond donors (Lipinski definition) is 1. The summed E-state index contributed by atoms with van der Waals surface area (Å²) in [6.07, 6.45) is 14.9. The predicted molar refractivity (Wildman–Crippen MR) is 164 cm³/mol. The van der Waals surface area contributed by atoms with Crippen molar-refractivity contribution in [1.29, 1.82) is 0 Å². The SMILES string of the molecule is C=C/C=C\C(=C/C(C)C)CCC=O.C=O.C=O.CC.CCCNCCC.Cc1cn(C)c2ccccc12. The highest BCUT2D eigenvalue weighted by molar-refractivity contribution is 5.83. The molecule has 0 saturated carbocycles. The molecule has 0 fully saturated rings. The van der Waals surface area contributed by atoms with Crippen molar-refractivity contribution in [2.75, 3.05) is 13.1 Å². The van der Waals surface area contributed by atoms with E-state index >= 15 is 0 Å². The number of allylic oxidation sites excluding steroid dienone is 5. The van der Waals surface area contributed by atoms with Crippen LogP contribution in [0.25, 0.3) is 10.9 Å². The maximum Gasteiger partial charge on any atom is 0.120 e. The summed E-state index contributed by atoms with van der Waals surface area (Å²) < 4.78 is 2.16. The minimum absolute atomic E-state index is 0.524. The van der Waals surface area contributed by atoms with Crippen LogP contribution in [0.4, 0.5) is 0 Å². The van der Waals surface area contributed by atoms with Gasteiger partial charge in [-0.25, -0.2) is 0 Å². The number of aromatic nitrogens is 1. The molecule has 0 aliphatic heterocycles. The van der Waals surface area contributed by atoms with Gasteiger partial charge in [0.25, 0.3) is 0 Å². The van der Waals surface area contributed by atoms with E-state index in [1.165, 1.54) is 48.0 Å². The average Bonchev–Trinajstić information content (AvgIpc) is 3.23. The van der Waals surface area contributed by atoms with Gasteiger partial charge in [0.15, 0.2) is 0 Å². The van der Waals surface area contributed by atoms with Crippen molar-refractivity contribution in [2.24, 2.45) is 13.0 Å². The van der Waals surface area contributed by atoms with E-state index in [4.69, 9.17) is 9.59 Å². The van der Waals surface area contributed by atoms with E-state index in [0.29, 0.717) is 12.3 Å². The molecule has 5 heteroatoms. The molecule has 37 heavy (non-hydrogen) atoms. The van der Waals surface area contributed by atoms with Crippen molar-refractivity contribution in [1.82, 2.24) is 9.88 Å². The summed E-state index contributed by atoms with van der Waals surface area (Å²) in [6.45, 7) is 24.7. The number of carbonyl (C=O) groups is 3. The smallest absolute Gasteiger partial charge is 0.120 e. The molecular weight excluding hydrogens is 460 g/mol. The van der Waals surface area contributed by atoms with E-state index in [0.717, 1.165) is 12.7 Å². The molecule has 1 heterocycles. The lowest BCUT2D eigenvalue weighted by atomic mass is 10.0. The quantitative estimate of drug-likeness (QED) is 0.199. The fourth-order valence-electron chi connectivity index (χ4n) is 3.09. The molecule has 5 nitrogen and oxygen atoms in total. The fourth-order valence-corrected chi connectivity index (χ4v) is 3.09. The van der Waals surface area contributed by atoms with Crippen LogP contribution in [-0.2, 0) is 21.4 Å². The summed E-state index contributed by atoms with van der Waals surface area (Å²) in [7, 11) is 2.08. The summed E-state index contributed by atoms with van der Waals surface area (Å²) in [5, 5.41) is 4.64. The van der Waals surface area contributed by atoms with Crippen molar-refractivity contribution in [3.8, 4) is 0 Å². The Morgan fingerprint density at radius 2 is 1.57 bits per heavy atom. The van der Waals surface area contributed by atoms with Gasteiger partial charge in [0, 0.05) is 30.6 Å². The van der Waals surface area contributed by atoms with Crippen molar-refractivity contribution in [3.05, 3.63) is 72.5 Å². The molecule has 2 rings (SSSR count). The molecule has 0 bridgehead atoms. The minimum Gasteiger partial charge on any atom is -0.350 e.